The van der Waals surface area contributed by atoms with E-state index in [1.807, 2.05) is 0 Å². The highest BCUT2D eigenvalue weighted by atomic mass is 19.1. The fraction of sp³-hybridized carbons (Fsp3) is 0.346. The third-order valence-corrected chi connectivity index (χ3v) is 7.15. The summed E-state index contributed by atoms with van der Waals surface area (Å²) >= 11 is 0. The first-order chi connectivity index (χ1) is 18.9. The maximum absolute atomic E-state index is 14.5. The molecule has 202 valence electrons. The summed E-state index contributed by atoms with van der Waals surface area (Å²) in [7, 11) is 2.07. The van der Waals surface area contributed by atoms with E-state index in [2.05, 4.69) is 42.2 Å². The number of aromatic nitrogens is 5. The van der Waals surface area contributed by atoms with Crippen molar-refractivity contribution >= 4 is 29.0 Å². The fourth-order valence-electron chi connectivity index (χ4n) is 5.02. The van der Waals surface area contributed by atoms with Gasteiger partial charge in [-0.15, -0.1) is 5.10 Å². The van der Waals surface area contributed by atoms with Crippen molar-refractivity contribution in [1.29, 1.82) is 0 Å². The highest BCUT2D eigenvalue weighted by molar-refractivity contribution is 6.02. The lowest BCUT2D eigenvalue weighted by Gasteiger charge is -2.32. The predicted molar refractivity (Wildman–Crippen MR) is 139 cm³/mol. The van der Waals surface area contributed by atoms with Crippen molar-refractivity contribution in [3.05, 3.63) is 71.8 Å². The molecule has 13 heteroatoms. The minimum atomic E-state index is -1.25. The Labute approximate surface area is 222 Å². The highest BCUT2D eigenvalue weighted by Gasteiger charge is 2.36. The third kappa shape index (κ3) is 4.97. The number of amides is 1. The van der Waals surface area contributed by atoms with Gasteiger partial charge in [-0.25, -0.2) is 28.1 Å². The monoisotopic (exact) mass is 537 g/mol. The summed E-state index contributed by atoms with van der Waals surface area (Å²) in [4.78, 5) is 31.9. The van der Waals surface area contributed by atoms with Gasteiger partial charge in [0.2, 0.25) is 0 Å². The first-order valence-corrected chi connectivity index (χ1v) is 12.6. The summed E-state index contributed by atoms with van der Waals surface area (Å²) in [6, 6.07) is 5.71. The maximum Gasteiger partial charge on any atom is 0.277 e. The van der Waals surface area contributed by atoms with Gasteiger partial charge in [0.15, 0.2) is 11.5 Å². The summed E-state index contributed by atoms with van der Waals surface area (Å²) in [6.45, 7) is 3.48. The molecule has 10 nitrogen and oxygen atoms in total. The molecule has 2 saturated heterocycles. The molecule has 39 heavy (non-hydrogen) atoms. The molecular formula is C26H26F3N9O. The lowest BCUT2D eigenvalue weighted by Crippen LogP contribution is -2.44. The molecule has 2 aliphatic rings. The minimum Gasteiger partial charge on any atom is -0.353 e. The van der Waals surface area contributed by atoms with Crippen LogP contribution in [-0.4, -0.2) is 81.3 Å². The van der Waals surface area contributed by atoms with Gasteiger partial charge in [0.1, 0.15) is 35.1 Å². The van der Waals surface area contributed by atoms with Crippen molar-refractivity contribution < 1.29 is 18.0 Å². The van der Waals surface area contributed by atoms with E-state index < -0.39 is 29.8 Å². The fourth-order valence-corrected chi connectivity index (χ4v) is 5.02. The van der Waals surface area contributed by atoms with Crippen LogP contribution in [0.3, 0.4) is 0 Å². The maximum atomic E-state index is 14.5. The van der Waals surface area contributed by atoms with E-state index in [4.69, 9.17) is 0 Å². The Morgan fingerprint density at radius 3 is 2.56 bits per heavy atom. The molecule has 6 rings (SSSR count). The number of likely N-dealkylation sites (N-methyl/N-ethyl adjacent to an activating group) is 1. The van der Waals surface area contributed by atoms with E-state index >= 15 is 0 Å². The van der Waals surface area contributed by atoms with Crippen LogP contribution in [0, 0.1) is 11.6 Å². The molecule has 0 saturated carbocycles. The molecule has 2 aliphatic heterocycles. The van der Waals surface area contributed by atoms with Gasteiger partial charge in [-0.05, 0) is 37.4 Å². The van der Waals surface area contributed by atoms with Crippen LogP contribution in [0.4, 0.5) is 30.6 Å². The number of carbonyl (C=O) groups excluding carboxylic acids is 1. The minimum absolute atomic E-state index is 0.00357. The van der Waals surface area contributed by atoms with Crippen molar-refractivity contribution in [3.8, 4) is 0 Å². The summed E-state index contributed by atoms with van der Waals surface area (Å²) < 4.78 is 44.3. The van der Waals surface area contributed by atoms with E-state index in [9.17, 15) is 18.0 Å². The lowest BCUT2D eigenvalue weighted by molar-refractivity contribution is 0.102. The Kier molecular flexibility index (Phi) is 6.51. The topological polar surface area (TPSA) is 94.8 Å². The highest BCUT2D eigenvalue weighted by Crippen LogP contribution is 2.38. The molecule has 2 atom stereocenters. The Morgan fingerprint density at radius 1 is 0.974 bits per heavy atom. The number of alkyl halides is 1. The second-order valence-corrected chi connectivity index (χ2v) is 9.78. The molecule has 0 radical (unpaired) electrons. The van der Waals surface area contributed by atoms with Gasteiger partial charge in [0, 0.05) is 38.2 Å². The molecule has 3 aromatic heterocycles. The number of rotatable bonds is 5. The van der Waals surface area contributed by atoms with Crippen molar-refractivity contribution in [2.75, 3.05) is 54.9 Å². The van der Waals surface area contributed by atoms with E-state index in [0.29, 0.717) is 17.3 Å². The van der Waals surface area contributed by atoms with Crippen LogP contribution in [0.15, 0.2) is 48.9 Å². The number of hydrogen-bond acceptors (Lipinski definition) is 8. The van der Waals surface area contributed by atoms with Crippen LogP contribution in [0.1, 0.15) is 28.5 Å². The molecule has 0 unspecified atom stereocenters. The Morgan fingerprint density at radius 2 is 1.79 bits per heavy atom. The second-order valence-electron chi connectivity index (χ2n) is 9.78. The van der Waals surface area contributed by atoms with Crippen molar-refractivity contribution in [3.63, 3.8) is 0 Å². The van der Waals surface area contributed by atoms with Crippen LogP contribution >= 0.6 is 0 Å². The standard InChI is InChI=1S/C26H26F3N9O/c1-35-6-8-36(9-7-35)24-13-30-20(12-31-24)26(39)33-25-14-32-22-4-5-23(34-38(22)25)37-15-17(28)11-21(37)18-10-16(27)2-3-19(18)29/h2-5,10,12-14,17,21H,6-9,11,15H2,1H3,(H,33,39)/t17-,21+/m0/s1. The number of nitrogens with one attached hydrogen (secondary N) is 1. The first kappa shape index (κ1) is 25.0. The zero-order valence-corrected chi connectivity index (χ0v) is 21.1. The number of anilines is 3. The van der Waals surface area contributed by atoms with Crippen LogP contribution < -0.4 is 15.1 Å². The van der Waals surface area contributed by atoms with Crippen molar-refractivity contribution in [2.24, 2.45) is 0 Å². The molecule has 1 aromatic carbocycles. The largest absolute Gasteiger partial charge is 0.353 e. The average molecular weight is 538 g/mol. The predicted octanol–water partition coefficient (Wildman–Crippen LogP) is 3.09. The summed E-state index contributed by atoms with van der Waals surface area (Å²) in [5, 5.41) is 7.29. The number of piperazine rings is 1. The van der Waals surface area contributed by atoms with Gasteiger partial charge < -0.3 is 20.0 Å². The van der Waals surface area contributed by atoms with E-state index in [1.54, 1.807) is 23.2 Å². The number of nitrogens with zero attached hydrogens (tertiary/aromatic N) is 8. The van der Waals surface area contributed by atoms with E-state index in [1.165, 1.54) is 16.9 Å². The molecule has 4 aromatic rings. The van der Waals surface area contributed by atoms with Crippen molar-refractivity contribution in [2.45, 2.75) is 18.6 Å². The Hall–Kier alpha value is -4.26. The molecule has 1 amide bonds. The number of hydrogen-bond donors (Lipinski definition) is 1. The lowest BCUT2D eigenvalue weighted by atomic mass is 10.0. The van der Waals surface area contributed by atoms with Crippen LogP contribution in [0.2, 0.25) is 0 Å². The first-order valence-electron chi connectivity index (χ1n) is 12.6. The molecule has 1 N–H and O–H groups in total. The van der Waals surface area contributed by atoms with Gasteiger partial charge in [0.05, 0.1) is 31.2 Å². The normalized spacial score (nSPS) is 20.1. The molecule has 0 spiro atoms. The number of fused-ring (bicyclic) bond motifs is 1. The van der Waals surface area contributed by atoms with E-state index in [-0.39, 0.29) is 30.0 Å². The van der Waals surface area contributed by atoms with E-state index in [0.717, 1.165) is 44.4 Å². The molecular weight excluding hydrogens is 511 g/mol. The summed E-state index contributed by atoms with van der Waals surface area (Å²) in [6.07, 6.45) is 3.20. The SMILES string of the molecule is CN1CCN(c2cnc(C(=O)Nc3cnc4ccc(N5C[C@@H](F)C[C@@H]5c5cc(F)ccc5F)nn34)cn2)CC1. The van der Waals surface area contributed by atoms with Gasteiger partial charge >= 0.3 is 0 Å². The molecule has 0 aliphatic carbocycles. The molecule has 2 fully saturated rings. The zero-order chi connectivity index (χ0) is 27.1. The van der Waals surface area contributed by atoms with Crippen LogP contribution in [-0.2, 0) is 0 Å². The van der Waals surface area contributed by atoms with Crippen LogP contribution in [0.25, 0.3) is 5.65 Å². The van der Waals surface area contributed by atoms with Crippen LogP contribution in [0.5, 0.6) is 0 Å². The van der Waals surface area contributed by atoms with Gasteiger partial charge in [0.25, 0.3) is 5.91 Å². The summed E-state index contributed by atoms with van der Waals surface area (Å²) in [5.74, 6) is -0.395. The quantitative estimate of drug-likeness (QED) is 0.415. The summed E-state index contributed by atoms with van der Waals surface area (Å²) in [5.41, 5.74) is 0.630. The van der Waals surface area contributed by atoms with Crippen molar-refractivity contribution in [1.82, 2.24) is 29.5 Å². The Balaban J connectivity index is 1.23. The number of carbonyl (C=O) groups is 1. The molecule has 0 bridgehead atoms. The third-order valence-electron chi connectivity index (χ3n) is 7.15. The van der Waals surface area contributed by atoms with Gasteiger partial charge in [-0.1, -0.05) is 0 Å². The smallest absolute Gasteiger partial charge is 0.277 e. The number of imidazole rings is 1. The second kappa shape index (κ2) is 10.1. The molecule has 5 heterocycles. The number of benzene rings is 1. The Bertz CT molecular complexity index is 1500. The number of halogens is 3. The van der Waals surface area contributed by atoms with Gasteiger partial charge in [-0.3, -0.25) is 4.79 Å². The van der Waals surface area contributed by atoms with Gasteiger partial charge in [-0.2, -0.15) is 4.52 Å². The average Bonchev–Trinajstić information content (AvgIpc) is 3.53. The zero-order valence-electron chi connectivity index (χ0n) is 21.1.